The molecular weight excluding hydrogens is 679 g/mol. The number of halogens is 5. The third kappa shape index (κ3) is 9.76. The molecule has 6 N–H and O–H groups in total. The molecule has 0 aliphatic carbocycles. The molecule has 2 aliphatic heterocycles. The summed E-state index contributed by atoms with van der Waals surface area (Å²) in [5.41, 5.74) is 15.0. The van der Waals surface area contributed by atoms with Crippen LogP contribution in [0.4, 0.5) is 33.3 Å². The van der Waals surface area contributed by atoms with Crippen molar-refractivity contribution in [1.82, 2.24) is 19.7 Å². The van der Waals surface area contributed by atoms with E-state index < -0.39 is 36.8 Å². The molecule has 17 heteroatoms. The highest BCUT2D eigenvalue weighted by atomic mass is 19.4. The van der Waals surface area contributed by atoms with E-state index >= 15 is 0 Å². The van der Waals surface area contributed by atoms with E-state index in [1.54, 1.807) is 36.4 Å². The van der Waals surface area contributed by atoms with Crippen LogP contribution in [0, 0.1) is 6.92 Å². The van der Waals surface area contributed by atoms with Gasteiger partial charge in [0.1, 0.15) is 37.0 Å². The summed E-state index contributed by atoms with van der Waals surface area (Å²) >= 11 is 0. The molecule has 0 saturated carbocycles. The van der Waals surface area contributed by atoms with Crippen LogP contribution in [0.15, 0.2) is 48.5 Å². The van der Waals surface area contributed by atoms with Crippen molar-refractivity contribution in [3.8, 4) is 11.5 Å². The number of fused-ring (bicyclic) bond motifs is 2. The second kappa shape index (κ2) is 15.8. The number of rotatable bonds is 8. The lowest BCUT2D eigenvalue weighted by molar-refractivity contribution is -0.145. The van der Waals surface area contributed by atoms with Crippen molar-refractivity contribution in [2.24, 2.45) is 11.5 Å². The number of carbonyl (C=O) groups excluding carboxylic acids is 2. The van der Waals surface area contributed by atoms with Crippen LogP contribution in [0.2, 0.25) is 0 Å². The van der Waals surface area contributed by atoms with E-state index in [1.165, 1.54) is 17.7 Å². The van der Waals surface area contributed by atoms with Crippen LogP contribution >= 0.6 is 0 Å². The molecule has 0 fully saturated rings. The van der Waals surface area contributed by atoms with E-state index in [4.69, 9.17) is 20.9 Å². The molecule has 272 valence electrons. The molecule has 0 bridgehead atoms. The molecular formula is C34H37F5N8O4. The summed E-state index contributed by atoms with van der Waals surface area (Å²) in [6.45, 7) is 3.59. The molecule has 0 spiro atoms. The molecule has 0 unspecified atom stereocenters. The van der Waals surface area contributed by atoms with Crippen molar-refractivity contribution >= 4 is 23.2 Å². The van der Waals surface area contributed by atoms with Gasteiger partial charge in [0.05, 0.1) is 0 Å². The van der Waals surface area contributed by atoms with Crippen molar-refractivity contribution in [2.75, 3.05) is 23.8 Å². The lowest BCUT2D eigenvalue weighted by atomic mass is 10.0. The summed E-state index contributed by atoms with van der Waals surface area (Å²) in [5.74, 6) is -1.26. The fourth-order valence-electron chi connectivity index (χ4n) is 5.46. The third-order valence-corrected chi connectivity index (χ3v) is 7.77. The number of carbonyl (C=O) groups is 2. The quantitative estimate of drug-likeness (QED) is 0.185. The lowest BCUT2D eigenvalue weighted by Crippen LogP contribution is -2.33. The minimum atomic E-state index is -4.72. The van der Waals surface area contributed by atoms with Gasteiger partial charge in [-0.3, -0.25) is 14.3 Å². The molecule has 4 heterocycles. The predicted octanol–water partition coefficient (Wildman–Crippen LogP) is 4.93. The first kappa shape index (κ1) is 37.1. The fraction of sp³-hybridized carbons (Fsp3) is 0.382. The van der Waals surface area contributed by atoms with Crippen molar-refractivity contribution < 1.29 is 41.0 Å². The zero-order valence-corrected chi connectivity index (χ0v) is 27.8. The van der Waals surface area contributed by atoms with Crippen LogP contribution in [0.5, 0.6) is 11.5 Å². The number of amides is 2. The first-order valence-corrected chi connectivity index (χ1v) is 16.1. The number of anilines is 2. The van der Waals surface area contributed by atoms with Crippen molar-refractivity contribution in [2.45, 2.75) is 70.8 Å². The second-order valence-corrected chi connectivity index (χ2v) is 12.2. The molecule has 0 saturated heterocycles. The number of alkyl halides is 5. The average molecular weight is 717 g/mol. The van der Waals surface area contributed by atoms with E-state index in [9.17, 15) is 31.5 Å². The molecule has 2 aromatic carbocycles. The zero-order valence-electron chi connectivity index (χ0n) is 27.8. The predicted molar refractivity (Wildman–Crippen MR) is 177 cm³/mol. The second-order valence-electron chi connectivity index (χ2n) is 12.2. The highest BCUT2D eigenvalue weighted by molar-refractivity contribution is 6.03. The fourth-order valence-corrected chi connectivity index (χ4v) is 5.46. The van der Waals surface area contributed by atoms with Gasteiger partial charge < -0.3 is 31.6 Å². The number of nitrogens with zero attached hydrogens (tertiary/aromatic N) is 4. The van der Waals surface area contributed by atoms with Crippen LogP contribution in [0.3, 0.4) is 0 Å². The molecule has 2 aromatic heterocycles. The van der Waals surface area contributed by atoms with Crippen LogP contribution in [0.25, 0.3) is 0 Å². The minimum absolute atomic E-state index is 0.0290. The maximum atomic E-state index is 12.8. The number of hydrogen-bond donors (Lipinski definition) is 4. The maximum absolute atomic E-state index is 12.8. The van der Waals surface area contributed by atoms with E-state index in [-0.39, 0.29) is 29.2 Å². The first-order chi connectivity index (χ1) is 24.2. The number of aromatic nitrogens is 4. The van der Waals surface area contributed by atoms with Crippen molar-refractivity contribution in [3.05, 3.63) is 88.3 Å². The topological polar surface area (TPSA) is 172 Å². The van der Waals surface area contributed by atoms with Gasteiger partial charge in [-0.25, -0.2) is 18.7 Å². The molecule has 2 aliphatic rings. The summed E-state index contributed by atoms with van der Waals surface area (Å²) in [6.07, 6.45) is -4.50. The van der Waals surface area contributed by atoms with Crippen LogP contribution in [-0.4, -0.2) is 63.3 Å². The molecule has 12 nitrogen and oxygen atoms in total. The SMILES string of the molecule is CCCc1cc(C(=O)Nc2ccc3c(c2)OC[C@@H](N)C3)nn1CC(F)F.Cc1cc(C(=O)Nc2ccc3c(c2)OC[C@H](N)C3)nc(C(F)(F)F)n1. The highest BCUT2D eigenvalue weighted by Gasteiger charge is 2.35. The summed E-state index contributed by atoms with van der Waals surface area (Å²) < 4.78 is 76.0. The van der Waals surface area contributed by atoms with Gasteiger partial charge in [-0.15, -0.1) is 0 Å². The minimum Gasteiger partial charge on any atom is -0.492 e. The van der Waals surface area contributed by atoms with E-state index in [2.05, 4.69) is 25.7 Å². The third-order valence-electron chi connectivity index (χ3n) is 7.77. The van der Waals surface area contributed by atoms with E-state index in [0.29, 0.717) is 54.6 Å². The highest BCUT2D eigenvalue weighted by Crippen LogP contribution is 2.30. The smallest absolute Gasteiger partial charge is 0.451 e. The number of benzene rings is 2. The summed E-state index contributed by atoms with van der Waals surface area (Å²) in [4.78, 5) is 31.3. The summed E-state index contributed by atoms with van der Waals surface area (Å²) in [7, 11) is 0. The van der Waals surface area contributed by atoms with Gasteiger partial charge in [-0.05, 0) is 61.6 Å². The number of hydrogen-bond acceptors (Lipinski definition) is 9. The van der Waals surface area contributed by atoms with Gasteiger partial charge in [0.25, 0.3) is 18.2 Å². The molecule has 2 amide bonds. The summed E-state index contributed by atoms with van der Waals surface area (Å²) in [6, 6.07) is 13.0. The molecule has 6 rings (SSSR count). The standard InChI is InChI=1S/C18H22F2N4O2.C16H15F3N4O2/c1-2-3-14-8-15(23-24(14)9-17(19)20)18(25)22-13-5-4-11-6-12(21)10-26-16(11)7-13;1-8-4-12(23-15(21-8)16(17,18)19)14(24)22-11-3-2-9-5-10(20)7-25-13(9)6-11/h4-5,7-8,12,17H,2-3,6,9-10,21H2,1H3,(H,22,25);2-4,6,10H,5,7,20H2,1H3,(H,22,24)/t12-;10-/m01/s1. The maximum Gasteiger partial charge on any atom is 0.451 e. The molecule has 51 heavy (non-hydrogen) atoms. The van der Waals surface area contributed by atoms with Crippen LogP contribution < -0.4 is 31.6 Å². The van der Waals surface area contributed by atoms with E-state index in [1.807, 2.05) is 13.0 Å². The number of nitrogens with one attached hydrogen (secondary N) is 2. The van der Waals surface area contributed by atoms with Crippen molar-refractivity contribution in [1.29, 1.82) is 0 Å². The number of nitrogens with two attached hydrogens (primary N) is 2. The Morgan fingerprint density at radius 2 is 1.43 bits per heavy atom. The normalized spacial score (nSPS) is 16.5. The number of aryl methyl sites for hydroxylation is 2. The van der Waals surface area contributed by atoms with E-state index in [0.717, 1.165) is 24.0 Å². The Hall–Kier alpha value is -5.16. The Labute approximate surface area is 289 Å². The van der Waals surface area contributed by atoms with Crippen LogP contribution in [0.1, 0.15) is 62.7 Å². The molecule has 0 radical (unpaired) electrons. The lowest BCUT2D eigenvalue weighted by Gasteiger charge is -2.22. The Balaban J connectivity index is 0.000000198. The Kier molecular flexibility index (Phi) is 11.5. The van der Waals surface area contributed by atoms with Gasteiger partial charge in [0, 0.05) is 47.0 Å². The van der Waals surface area contributed by atoms with Crippen LogP contribution in [-0.2, 0) is 32.0 Å². The Bertz CT molecular complexity index is 1880. The Morgan fingerprint density at radius 1 is 0.882 bits per heavy atom. The largest absolute Gasteiger partial charge is 0.492 e. The monoisotopic (exact) mass is 716 g/mol. The number of ether oxygens (including phenoxy) is 2. The van der Waals surface area contributed by atoms with Gasteiger partial charge >= 0.3 is 6.18 Å². The van der Waals surface area contributed by atoms with Gasteiger partial charge in [0.15, 0.2) is 5.69 Å². The van der Waals surface area contributed by atoms with Gasteiger partial charge in [0.2, 0.25) is 5.82 Å². The molecule has 4 aromatic rings. The average Bonchev–Trinajstić information content (AvgIpc) is 3.46. The van der Waals surface area contributed by atoms with Crippen molar-refractivity contribution in [3.63, 3.8) is 0 Å². The Morgan fingerprint density at radius 3 is 1.94 bits per heavy atom. The summed E-state index contributed by atoms with van der Waals surface area (Å²) in [5, 5.41) is 9.30. The van der Waals surface area contributed by atoms with Gasteiger partial charge in [-0.2, -0.15) is 18.3 Å². The molecule has 2 atom stereocenters. The first-order valence-electron chi connectivity index (χ1n) is 16.1. The zero-order chi connectivity index (χ0) is 36.9. The van der Waals surface area contributed by atoms with Gasteiger partial charge in [-0.1, -0.05) is 25.5 Å².